The maximum atomic E-state index is 12.6. The number of amides is 2. The zero-order valence-corrected chi connectivity index (χ0v) is 19.1. The Balaban J connectivity index is 1.80. The number of nitrogens with one attached hydrogen (secondary N) is 2. The van der Waals surface area contributed by atoms with Crippen LogP contribution in [0, 0.1) is 0 Å². The van der Waals surface area contributed by atoms with Gasteiger partial charge in [0.25, 0.3) is 11.8 Å². The van der Waals surface area contributed by atoms with E-state index >= 15 is 0 Å². The van der Waals surface area contributed by atoms with Crippen molar-refractivity contribution in [3.8, 4) is 0 Å². The second kappa shape index (κ2) is 10.4. The number of aliphatic carboxylic acids is 2. The van der Waals surface area contributed by atoms with Gasteiger partial charge in [-0.2, -0.15) is 0 Å². The van der Waals surface area contributed by atoms with Gasteiger partial charge in [-0.3, -0.25) is 19.3 Å². The van der Waals surface area contributed by atoms with E-state index < -0.39 is 68.6 Å². The summed E-state index contributed by atoms with van der Waals surface area (Å²) in [6.07, 6.45) is -0.323. The van der Waals surface area contributed by atoms with E-state index in [1.165, 1.54) is 0 Å². The topological polar surface area (TPSA) is 202 Å². The number of β-lactam (4-membered cyclic amide) rings is 1. The van der Waals surface area contributed by atoms with Gasteiger partial charge in [0.1, 0.15) is 17.1 Å². The molecule has 3 heterocycles. The first kappa shape index (κ1) is 26.1. The van der Waals surface area contributed by atoms with Crippen molar-refractivity contribution in [2.45, 2.75) is 40.2 Å². The minimum atomic E-state index is -5.09. The Kier molecular flexibility index (Phi) is 7.98. The van der Waals surface area contributed by atoms with Crippen molar-refractivity contribution in [2.75, 3.05) is 11.5 Å². The summed E-state index contributed by atoms with van der Waals surface area (Å²) >= 11 is -1.43. The molecular formula is C15H15F3N6O7S3. The zero-order chi connectivity index (χ0) is 25.2. The zero-order valence-electron chi connectivity index (χ0n) is 16.6. The van der Waals surface area contributed by atoms with Gasteiger partial charge in [0.05, 0.1) is 11.2 Å². The van der Waals surface area contributed by atoms with Gasteiger partial charge < -0.3 is 20.1 Å². The number of alkyl halides is 3. The number of aromatic nitrogens is 4. The SMILES string of the molecule is O=C(O)CCC(Sc1nnn[nH]1)C1=C(C(=O)O)N2C(=O)C(NC(=O)C[S+]([O-])C(F)(F)F)[C@@H]2SC1. The molecule has 4 atom stereocenters. The predicted molar refractivity (Wildman–Crippen MR) is 109 cm³/mol. The highest BCUT2D eigenvalue weighted by atomic mass is 32.2. The van der Waals surface area contributed by atoms with Crippen molar-refractivity contribution < 1.29 is 47.1 Å². The Hall–Kier alpha value is -2.51. The van der Waals surface area contributed by atoms with Gasteiger partial charge in [-0.1, -0.05) is 11.8 Å². The molecule has 4 N–H and O–H groups in total. The lowest BCUT2D eigenvalue weighted by molar-refractivity contribution is -0.150. The summed E-state index contributed by atoms with van der Waals surface area (Å²) in [5.41, 5.74) is -5.27. The molecule has 1 saturated heterocycles. The number of carbonyl (C=O) groups is 4. The van der Waals surface area contributed by atoms with Gasteiger partial charge in [0, 0.05) is 17.4 Å². The van der Waals surface area contributed by atoms with E-state index in [2.05, 4.69) is 25.9 Å². The molecule has 1 aromatic rings. The lowest BCUT2D eigenvalue weighted by atomic mass is 10.00. The summed E-state index contributed by atoms with van der Waals surface area (Å²) < 4.78 is 48.3. The van der Waals surface area contributed by atoms with Crippen LogP contribution in [0.2, 0.25) is 0 Å². The van der Waals surface area contributed by atoms with Crippen LogP contribution >= 0.6 is 23.5 Å². The van der Waals surface area contributed by atoms with Crippen LogP contribution in [-0.2, 0) is 30.4 Å². The number of fused-ring (bicyclic) bond motifs is 1. The number of H-pyrrole nitrogens is 1. The Bertz CT molecular complexity index is 1010. The van der Waals surface area contributed by atoms with E-state index in [-0.39, 0.29) is 29.3 Å². The summed E-state index contributed by atoms with van der Waals surface area (Å²) in [5, 5.41) is 32.4. The number of hydrogen-bond acceptors (Lipinski definition) is 10. The van der Waals surface area contributed by atoms with Crippen molar-refractivity contribution in [3.63, 3.8) is 0 Å². The molecule has 0 aromatic carbocycles. The fourth-order valence-corrected chi connectivity index (χ4v) is 6.23. The summed E-state index contributed by atoms with van der Waals surface area (Å²) in [7, 11) is 0. The summed E-state index contributed by atoms with van der Waals surface area (Å²) in [4.78, 5) is 48.5. The highest BCUT2D eigenvalue weighted by molar-refractivity contribution is 8.01. The number of halogens is 3. The first-order valence-corrected chi connectivity index (χ1v) is 12.4. The molecular weight excluding hydrogens is 529 g/mol. The predicted octanol–water partition coefficient (Wildman–Crippen LogP) is -0.468. The van der Waals surface area contributed by atoms with E-state index in [9.17, 15) is 42.0 Å². The highest BCUT2D eigenvalue weighted by Gasteiger charge is 2.55. The van der Waals surface area contributed by atoms with Gasteiger partial charge in [0.15, 0.2) is 5.75 Å². The minimum absolute atomic E-state index is 0.0104. The van der Waals surface area contributed by atoms with Crippen LogP contribution in [0.15, 0.2) is 16.4 Å². The molecule has 0 saturated carbocycles. The van der Waals surface area contributed by atoms with E-state index in [4.69, 9.17) is 5.11 Å². The summed E-state index contributed by atoms with van der Waals surface area (Å²) in [6, 6.07) is -1.30. The number of carbonyl (C=O) groups excluding carboxylic acids is 2. The number of hydrogen-bond donors (Lipinski definition) is 4. The highest BCUT2D eigenvalue weighted by Crippen LogP contribution is 2.44. The average Bonchev–Trinajstić information content (AvgIpc) is 3.26. The number of carboxylic acids is 2. The average molecular weight is 545 g/mol. The first-order chi connectivity index (χ1) is 15.9. The molecule has 3 unspecified atom stereocenters. The van der Waals surface area contributed by atoms with Crippen LogP contribution in [0.1, 0.15) is 12.8 Å². The van der Waals surface area contributed by atoms with Gasteiger partial charge in [-0.25, -0.2) is 9.89 Å². The quantitative estimate of drug-likeness (QED) is 0.168. The van der Waals surface area contributed by atoms with Crippen LogP contribution in [0.25, 0.3) is 0 Å². The van der Waals surface area contributed by atoms with Gasteiger partial charge >= 0.3 is 17.4 Å². The normalized spacial score (nSPS) is 22.0. The maximum Gasteiger partial charge on any atom is 0.573 e. The largest absolute Gasteiger partial charge is 0.609 e. The Labute approximate surface area is 199 Å². The Morgan fingerprint density at radius 3 is 2.65 bits per heavy atom. The number of aromatic amines is 1. The monoisotopic (exact) mass is 544 g/mol. The van der Waals surface area contributed by atoms with Crippen molar-refractivity contribution in [1.82, 2.24) is 30.8 Å². The van der Waals surface area contributed by atoms with Crippen LogP contribution in [0.4, 0.5) is 13.2 Å². The van der Waals surface area contributed by atoms with E-state index in [1.54, 1.807) is 0 Å². The third-order valence-electron chi connectivity index (χ3n) is 4.63. The van der Waals surface area contributed by atoms with Crippen LogP contribution in [0.5, 0.6) is 0 Å². The molecule has 19 heteroatoms. The molecule has 186 valence electrons. The van der Waals surface area contributed by atoms with Crippen molar-refractivity contribution in [1.29, 1.82) is 0 Å². The molecule has 0 radical (unpaired) electrons. The smallest absolute Gasteiger partial charge is 0.573 e. The summed E-state index contributed by atoms with van der Waals surface area (Å²) in [5.74, 6) is -6.12. The molecule has 2 aliphatic rings. The van der Waals surface area contributed by atoms with E-state index in [0.29, 0.717) is 0 Å². The molecule has 0 aliphatic carbocycles. The molecule has 0 bridgehead atoms. The standard InChI is InChI=1S/C15H15F3N6O7S3/c16-15(17,18)34(31)4-7(25)19-9-11(28)24-10(13(29)30)5(3-32-12(9)24)6(1-2-8(26)27)33-14-20-22-23-21-14/h6,9,12H,1-4H2,(H,19,25)(H,26,27)(H,29,30)(H,20,21,22,23)/t6?,9?,12-,34?/m0/s1. The summed E-state index contributed by atoms with van der Waals surface area (Å²) in [6.45, 7) is 0. The lowest BCUT2D eigenvalue weighted by Gasteiger charge is -2.50. The number of carboxylic acid groups (broad SMARTS) is 2. The minimum Gasteiger partial charge on any atom is -0.609 e. The fraction of sp³-hybridized carbons (Fsp3) is 0.533. The molecule has 2 amide bonds. The Morgan fingerprint density at radius 2 is 2.09 bits per heavy atom. The molecule has 34 heavy (non-hydrogen) atoms. The maximum absolute atomic E-state index is 12.6. The second-order valence-corrected chi connectivity index (χ2v) is 10.6. The first-order valence-electron chi connectivity index (χ1n) is 9.18. The van der Waals surface area contributed by atoms with Crippen molar-refractivity contribution >= 4 is 58.5 Å². The van der Waals surface area contributed by atoms with E-state index in [1.807, 2.05) is 0 Å². The molecule has 3 rings (SSSR count). The van der Waals surface area contributed by atoms with E-state index in [0.717, 1.165) is 28.4 Å². The third kappa shape index (κ3) is 5.76. The lowest BCUT2D eigenvalue weighted by Crippen LogP contribution is -2.71. The van der Waals surface area contributed by atoms with Gasteiger partial charge in [-0.15, -0.1) is 30.0 Å². The van der Waals surface area contributed by atoms with Crippen LogP contribution in [-0.4, -0.2) is 97.7 Å². The molecule has 0 spiro atoms. The second-order valence-electron chi connectivity index (χ2n) is 6.81. The van der Waals surface area contributed by atoms with Crippen molar-refractivity contribution in [2.24, 2.45) is 0 Å². The molecule has 2 aliphatic heterocycles. The number of nitrogens with zero attached hydrogens (tertiary/aromatic N) is 4. The fourth-order valence-electron chi connectivity index (χ4n) is 3.20. The third-order valence-corrected chi connectivity index (χ3v) is 8.17. The molecule has 1 aromatic heterocycles. The number of thioether (sulfide) groups is 2. The number of tetrazole rings is 1. The van der Waals surface area contributed by atoms with Crippen molar-refractivity contribution in [3.05, 3.63) is 11.3 Å². The van der Waals surface area contributed by atoms with Gasteiger partial charge in [-0.05, 0) is 22.4 Å². The van der Waals surface area contributed by atoms with Crippen LogP contribution in [0.3, 0.4) is 0 Å². The Morgan fingerprint density at radius 1 is 1.38 bits per heavy atom. The van der Waals surface area contributed by atoms with Crippen LogP contribution < -0.4 is 5.32 Å². The van der Waals surface area contributed by atoms with Gasteiger partial charge in [0.2, 0.25) is 5.16 Å². The number of rotatable bonds is 10. The molecule has 1 fully saturated rings. The molecule has 13 nitrogen and oxygen atoms in total.